The van der Waals surface area contributed by atoms with Gasteiger partial charge in [0, 0.05) is 11.1 Å². The predicted molar refractivity (Wildman–Crippen MR) is 106 cm³/mol. The van der Waals surface area contributed by atoms with Crippen molar-refractivity contribution in [1.82, 2.24) is 5.32 Å². The van der Waals surface area contributed by atoms with E-state index in [9.17, 15) is 19.7 Å². The first-order valence-corrected chi connectivity index (χ1v) is 8.56. The van der Waals surface area contributed by atoms with Crippen molar-refractivity contribution >= 4 is 69.8 Å². The molecule has 1 aliphatic heterocycles. The molecule has 1 heterocycles. The number of carbonyl (C=O) groups is 2. The first kappa shape index (κ1) is 19.0. The lowest BCUT2D eigenvalue weighted by Gasteiger charge is -2.28. The molecule has 0 spiro atoms. The van der Waals surface area contributed by atoms with Gasteiger partial charge in [-0.05, 0) is 48.6 Å². The van der Waals surface area contributed by atoms with Crippen LogP contribution >= 0.6 is 35.4 Å². The van der Waals surface area contributed by atoms with Crippen molar-refractivity contribution in [3.63, 3.8) is 0 Å². The number of rotatable bonds is 3. The van der Waals surface area contributed by atoms with E-state index in [1.807, 2.05) is 0 Å². The maximum atomic E-state index is 12.9. The Morgan fingerprint density at radius 3 is 2.41 bits per heavy atom. The molecule has 1 aliphatic rings. The molecule has 1 saturated heterocycles. The minimum atomic E-state index is -0.774. The first-order valence-electron chi connectivity index (χ1n) is 7.39. The van der Waals surface area contributed by atoms with Crippen molar-refractivity contribution in [3.8, 4) is 0 Å². The summed E-state index contributed by atoms with van der Waals surface area (Å²) in [4.78, 5) is 36.9. The van der Waals surface area contributed by atoms with Crippen LogP contribution in [0.25, 0.3) is 6.08 Å². The van der Waals surface area contributed by atoms with Gasteiger partial charge in [-0.25, -0.2) is 0 Å². The van der Waals surface area contributed by atoms with Crippen LogP contribution < -0.4 is 10.2 Å². The van der Waals surface area contributed by atoms with Crippen LogP contribution in [0, 0.1) is 10.1 Å². The Hall–Kier alpha value is -2.81. The molecule has 0 bridgehead atoms. The molecule has 1 fully saturated rings. The molecule has 3 rings (SSSR count). The van der Waals surface area contributed by atoms with Crippen molar-refractivity contribution in [3.05, 3.63) is 73.8 Å². The van der Waals surface area contributed by atoms with Crippen LogP contribution in [0.2, 0.25) is 10.0 Å². The third kappa shape index (κ3) is 3.68. The highest BCUT2D eigenvalue weighted by molar-refractivity contribution is 7.80. The average Bonchev–Trinajstić information content (AvgIpc) is 2.61. The Kier molecular flexibility index (Phi) is 5.22. The molecule has 27 heavy (non-hydrogen) atoms. The van der Waals surface area contributed by atoms with Crippen molar-refractivity contribution in [1.29, 1.82) is 0 Å². The molecule has 0 aliphatic carbocycles. The molecule has 2 aromatic carbocycles. The van der Waals surface area contributed by atoms with E-state index in [0.29, 0.717) is 10.7 Å². The van der Waals surface area contributed by atoms with Gasteiger partial charge in [0.2, 0.25) is 0 Å². The Morgan fingerprint density at radius 1 is 1.11 bits per heavy atom. The standard InChI is InChI=1S/C17H9Cl2N3O4S/c18-9-4-6-10(7-5-9)21-16(24)12(15(23)20-17(21)27)8-11-13(19)2-1-3-14(11)22(25)26/h1-8H,(H,20,23,27)/b12-8+. The zero-order chi connectivity index (χ0) is 19.7. The summed E-state index contributed by atoms with van der Waals surface area (Å²) in [5.41, 5.74) is -0.336. The number of nitrogens with one attached hydrogen (secondary N) is 1. The monoisotopic (exact) mass is 421 g/mol. The zero-order valence-corrected chi connectivity index (χ0v) is 15.6. The lowest BCUT2D eigenvalue weighted by atomic mass is 10.1. The highest BCUT2D eigenvalue weighted by atomic mass is 35.5. The van der Waals surface area contributed by atoms with Crippen molar-refractivity contribution in [2.24, 2.45) is 0 Å². The van der Waals surface area contributed by atoms with Crippen LogP contribution in [0.4, 0.5) is 11.4 Å². The summed E-state index contributed by atoms with van der Waals surface area (Å²) in [6.07, 6.45) is 1.09. The van der Waals surface area contributed by atoms with Gasteiger partial charge in [-0.3, -0.25) is 29.9 Å². The summed E-state index contributed by atoms with van der Waals surface area (Å²) in [5, 5.41) is 14.0. The van der Waals surface area contributed by atoms with Crippen molar-refractivity contribution in [2.75, 3.05) is 4.90 Å². The number of carbonyl (C=O) groups excluding carboxylic acids is 2. The second kappa shape index (κ2) is 7.43. The Morgan fingerprint density at radius 2 is 1.78 bits per heavy atom. The van der Waals surface area contributed by atoms with Crippen LogP contribution in [-0.4, -0.2) is 21.9 Å². The predicted octanol–water partition coefficient (Wildman–Crippen LogP) is 3.73. The molecule has 1 N–H and O–H groups in total. The van der Waals surface area contributed by atoms with E-state index in [2.05, 4.69) is 5.32 Å². The maximum absolute atomic E-state index is 12.9. The number of amides is 2. The second-order valence-electron chi connectivity index (χ2n) is 5.36. The van der Waals surface area contributed by atoms with E-state index >= 15 is 0 Å². The van der Waals surface area contributed by atoms with Gasteiger partial charge in [0.15, 0.2) is 5.11 Å². The van der Waals surface area contributed by atoms with Crippen LogP contribution in [0.5, 0.6) is 0 Å². The number of halogens is 2. The number of nitrogens with zero attached hydrogens (tertiary/aromatic N) is 2. The minimum Gasteiger partial charge on any atom is -0.298 e. The molecular formula is C17H9Cl2N3O4S. The molecule has 10 heteroatoms. The van der Waals surface area contributed by atoms with E-state index < -0.39 is 16.7 Å². The smallest absolute Gasteiger partial charge is 0.278 e. The number of nitro groups is 1. The van der Waals surface area contributed by atoms with Crippen LogP contribution in [0.3, 0.4) is 0 Å². The number of nitro benzene ring substituents is 1. The topological polar surface area (TPSA) is 92.6 Å². The largest absolute Gasteiger partial charge is 0.298 e. The Balaban J connectivity index is 2.11. The second-order valence-corrected chi connectivity index (χ2v) is 6.59. The molecular weight excluding hydrogens is 413 g/mol. The molecule has 0 saturated carbocycles. The molecule has 7 nitrogen and oxygen atoms in total. The van der Waals surface area contributed by atoms with Crippen LogP contribution in [0.15, 0.2) is 48.0 Å². The summed E-state index contributed by atoms with van der Waals surface area (Å²) in [6, 6.07) is 10.3. The molecule has 0 unspecified atom stereocenters. The summed E-state index contributed by atoms with van der Waals surface area (Å²) in [7, 11) is 0. The number of benzene rings is 2. The number of hydrogen-bond acceptors (Lipinski definition) is 5. The van der Waals surface area contributed by atoms with Crippen LogP contribution in [-0.2, 0) is 9.59 Å². The van der Waals surface area contributed by atoms with Gasteiger partial charge in [0.1, 0.15) is 5.57 Å². The van der Waals surface area contributed by atoms with Gasteiger partial charge in [0.25, 0.3) is 17.5 Å². The lowest BCUT2D eigenvalue weighted by molar-refractivity contribution is -0.385. The SMILES string of the molecule is O=C1NC(=S)N(c2ccc(Cl)cc2)C(=O)/C1=C/c1c(Cl)cccc1[N+](=O)[O-]. The Bertz CT molecular complexity index is 1020. The molecule has 2 aromatic rings. The first-order chi connectivity index (χ1) is 12.8. The third-order valence-corrected chi connectivity index (χ3v) is 4.57. The minimum absolute atomic E-state index is 0.0310. The fourth-order valence-corrected chi connectivity index (χ4v) is 3.09. The highest BCUT2D eigenvalue weighted by Crippen LogP contribution is 2.30. The fraction of sp³-hybridized carbons (Fsp3) is 0. The fourth-order valence-electron chi connectivity index (χ4n) is 2.45. The normalized spacial score (nSPS) is 15.9. The summed E-state index contributed by atoms with van der Waals surface area (Å²) in [5.74, 6) is -1.51. The molecule has 0 atom stereocenters. The highest BCUT2D eigenvalue weighted by Gasteiger charge is 2.35. The van der Waals surface area contributed by atoms with Gasteiger partial charge in [-0.1, -0.05) is 29.3 Å². The van der Waals surface area contributed by atoms with E-state index in [4.69, 9.17) is 35.4 Å². The van der Waals surface area contributed by atoms with Gasteiger partial charge in [-0.2, -0.15) is 0 Å². The van der Waals surface area contributed by atoms with Crippen molar-refractivity contribution < 1.29 is 14.5 Å². The van der Waals surface area contributed by atoms with Gasteiger partial charge < -0.3 is 0 Å². The summed E-state index contributed by atoms with van der Waals surface area (Å²) in [6.45, 7) is 0. The lowest BCUT2D eigenvalue weighted by Crippen LogP contribution is -2.54. The molecule has 0 aromatic heterocycles. The zero-order valence-electron chi connectivity index (χ0n) is 13.3. The van der Waals surface area contributed by atoms with E-state index in [0.717, 1.165) is 11.0 Å². The van der Waals surface area contributed by atoms with Crippen LogP contribution in [0.1, 0.15) is 5.56 Å². The number of hydrogen-bond donors (Lipinski definition) is 1. The van der Waals surface area contributed by atoms with Crippen molar-refractivity contribution in [2.45, 2.75) is 0 Å². The van der Waals surface area contributed by atoms with E-state index in [1.54, 1.807) is 24.3 Å². The molecule has 2 amide bonds. The van der Waals surface area contributed by atoms with Gasteiger partial charge in [-0.15, -0.1) is 0 Å². The number of anilines is 1. The number of thiocarbonyl (C=S) groups is 1. The van der Waals surface area contributed by atoms with Gasteiger partial charge >= 0.3 is 0 Å². The van der Waals surface area contributed by atoms with E-state index in [1.165, 1.54) is 18.2 Å². The van der Waals surface area contributed by atoms with Gasteiger partial charge in [0.05, 0.1) is 21.2 Å². The van der Waals surface area contributed by atoms with E-state index in [-0.39, 0.29) is 27.0 Å². The molecule has 136 valence electrons. The third-order valence-electron chi connectivity index (χ3n) is 3.70. The average molecular weight is 422 g/mol. The molecule has 0 radical (unpaired) electrons. The maximum Gasteiger partial charge on any atom is 0.278 e. The quantitative estimate of drug-likeness (QED) is 0.268. The summed E-state index contributed by atoms with van der Waals surface area (Å²) < 4.78 is 0. The summed E-state index contributed by atoms with van der Waals surface area (Å²) >= 11 is 17.0. The Labute approximate surface area is 168 Å².